The van der Waals surface area contributed by atoms with Gasteiger partial charge < -0.3 is 24.4 Å². The number of rotatable bonds is 4. The van der Waals surface area contributed by atoms with E-state index in [0.29, 0.717) is 24.0 Å². The Hall–Kier alpha value is -3.04. The van der Waals surface area contributed by atoms with Crippen molar-refractivity contribution >= 4 is 23.7 Å². The average molecular weight is 619 g/mol. The second-order valence-electron chi connectivity index (χ2n) is 15.6. The van der Waals surface area contributed by atoms with Crippen molar-refractivity contribution in [3.63, 3.8) is 0 Å². The van der Waals surface area contributed by atoms with Crippen LogP contribution in [0.25, 0.3) is 0 Å². The number of carbonyl (C=O) groups excluding carboxylic acids is 4. The van der Waals surface area contributed by atoms with Crippen molar-refractivity contribution in [3.8, 4) is 0 Å². The van der Waals surface area contributed by atoms with E-state index in [-0.39, 0.29) is 53.3 Å². The molecule has 8 rings (SSSR count). The van der Waals surface area contributed by atoms with Crippen molar-refractivity contribution in [1.29, 1.82) is 0 Å². The number of aliphatic hydroxyl groups is 2. The molecule has 0 radical (unpaired) electrons. The van der Waals surface area contributed by atoms with Crippen molar-refractivity contribution in [2.24, 2.45) is 52.3 Å². The van der Waals surface area contributed by atoms with Crippen LogP contribution in [0.2, 0.25) is 0 Å². The molecule has 1 aliphatic heterocycles. The average Bonchev–Trinajstić information content (AvgIpc) is 3.93. The van der Waals surface area contributed by atoms with Crippen molar-refractivity contribution in [2.45, 2.75) is 84.5 Å². The van der Waals surface area contributed by atoms with E-state index in [1.165, 1.54) is 12.7 Å². The highest BCUT2D eigenvalue weighted by molar-refractivity contribution is 6.09. The van der Waals surface area contributed by atoms with Crippen LogP contribution in [0.4, 0.5) is 0 Å². The van der Waals surface area contributed by atoms with Crippen LogP contribution >= 0.6 is 0 Å². The summed E-state index contributed by atoms with van der Waals surface area (Å²) in [6.07, 6.45) is 3.01. The van der Waals surface area contributed by atoms with Crippen LogP contribution in [-0.4, -0.2) is 64.9 Å². The van der Waals surface area contributed by atoms with E-state index in [0.717, 1.165) is 24.0 Å². The fourth-order valence-corrected chi connectivity index (χ4v) is 11.9. The third kappa shape index (κ3) is 3.09. The molecule has 0 bridgehead atoms. The van der Waals surface area contributed by atoms with Crippen LogP contribution in [0.5, 0.6) is 0 Å². The van der Waals surface area contributed by atoms with Gasteiger partial charge in [-0.25, -0.2) is 14.4 Å². The molecule has 8 aliphatic rings. The number of allylic oxidation sites excluding steroid dienone is 2. The largest absolute Gasteiger partial charge is 0.466 e. The molecule has 9 heteroatoms. The van der Waals surface area contributed by atoms with E-state index in [1.807, 2.05) is 6.92 Å². The van der Waals surface area contributed by atoms with Gasteiger partial charge in [-0.15, -0.1) is 0 Å². The van der Waals surface area contributed by atoms with Gasteiger partial charge in [0.15, 0.2) is 5.78 Å². The molecule has 0 unspecified atom stereocenters. The molecule has 9 nitrogen and oxygen atoms in total. The minimum atomic E-state index is -1.31. The zero-order chi connectivity index (χ0) is 32.3. The minimum absolute atomic E-state index is 0.0711. The summed E-state index contributed by atoms with van der Waals surface area (Å²) in [5, 5.41) is 24.2. The molecule has 0 amide bonds. The summed E-state index contributed by atoms with van der Waals surface area (Å²) in [5.41, 5.74) is 0.343. The van der Waals surface area contributed by atoms with Gasteiger partial charge in [0.25, 0.3) is 0 Å². The number of esters is 3. The van der Waals surface area contributed by atoms with Crippen LogP contribution in [-0.2, 0) is 33.4 Å². The van der Waals surface area contributed by atoms with Gasteiger partial charge in [-0.1, -0.05) is 25.5 Å². The van der Waals surface area contributed by atoms with Crippen molar-refractivity contribution in [1.82, 2.24) is 0 Å². The molecule has 1 heterocycles. The number of ether oxygens (including phenoxy) is 3. The number of Topliss-reactive ketones (excluding diaryl/α,β-unsaturated/α-hetero) is 1. The molecule has 5 saturated carbocycles. The van der Waals surface area contributed by atoms with Crippen LogP contribution in [0.1, 0.15) is 67.2 Å². The third-order valence-corrected chi connectivity index (χ3v) is 14.3. The molecule has 0 aromatic heterocycles. The van der Waals surface area contributed by atoms with Crippen molar-refractivity contribution < 1.29 is 43.6 Å². The highest BCUT2D eigenvalue weighted by Crippen LogP contribution is 2.83. The molecular weight excluding hydrogens is 576 g/mol. The second kappa shape index (κ2) is 8.65. The maximum atomic E-state index is 14.3. The summed E-state index contributed by atoms with van der Waals surface area (Å²) in [4.78, 5) is 53.9. The Morgan fingerprint density at radius 2 is 1.76 bits per heavy atom. The van der Waals surface area contributed by atoms with Gasteiger partial charge in [-0.2, -0.15) is 0 Å². The van der Waals surface area contributed by atoms with E-state index in [2.05, 4.69) is 6.92 Å². The Balaban J connectivity index is 1.35. The van der Waals surface area contributed by atoms with Gasteiger partial charge >= 0.3 is 17.9 Å². The Labute approximate surface area is 262 Å². The van der Waals surface area contributed by atoms with Crippen molar-refractivity contribution in [2.75, 3.05) is 13.7 Å². The normalized spacial score (nSPS) is 49.3. The lowest BCUT2D eigenvalue weighted by Gasteiger charge is -2.63. The maximum Gasteiger partial charge on any atom is 0.334 e. The molecule has 0 saturated heterocycles. The SMILES string of the molecule is C/C=C(\C)C(=O)OC[C@]1(O)[C@H]2C[C@H]2[C@]2(C)[C@@H]3CC4=C5[C@H](C(=C(C)C(=O)OC)C(=O)[C@H](O)[C@@]5(C)[C@@H]5C[C@H]45)[C@@]34OC(=O)C(C)=C4C[C@@H]12. The number of carbonyl (C=O) groups is 4. The molecule has 7 aliphatic carbocycles. The lowest BCUT2D eigenvalue weighted by atomic mass is 9.42. The summed E-state index contributed by atoms with van der Waals surface area (Å²) >= 11 is 0. The predicted octanol–water partition coefficient (Wildman–Crippen LogP) is 3.54. The Morgan fingerprint density at radius 1 is 1.04 bits per heavy atom. The van der Waals surface area contributed by atoms with Gasteiger partial charge in [0.05, 0.1) is 13.0 Å². The summed E-state index contributed by atoms with van der Waals surface area (Å²) < 4.78 is 17.5. The van der Waals surface area contributed by atoms with E-state index < -0.39 is 57.7 Å². The molecule has 0 aromatic carbocycles. The van der Waals surface area contributed by atoms with Crippen LogP contribution in [0.3, 0.4) is 0 Å². The van der Waals surface area contributed by atoms with Gasteiger partial charge in [0, 0.05) is 39.5 Å². The van der Waals surface area contributed by atoms with E-state index in [9.17, 15) is 29.4 Å². The van der Waals surface area contributed by atoms with E-state index in [1.54, 1.807) is 33.8 Å². The first-order valence-corrected chi connectivity index (χ1v) is 16.4. The molecule has 240 valence electrons. The molecule has 5 fully saturated rings. The number of ketones is 1. The van der Waals surface area contributed by atoms with Gasteiger partial charge in [-0.3, -0.25) is 4.79 Å². The lowest BCUT2D eigenvalue weighted by Crippen LogP contribution is -2.67. The number of hydrogen-bond donors (Lipinski definition) is 2. The van der Waals surface area contributed by atoms with Crippen LogP contribution < -0.4 is 0 Å². The van der Waals surface area contributed by atoms with Gasteiger partial charge in [0.1, 0.15) is 23.9 Å². The molecule has 1 spiro atoms. The molecule has 12 atom stereocenters. The maximum absolute atomic E-state index is 14.3. The zero-order valence-corrected chi connectivity index (χ0v) is 27.0. The quantitative estimate of drug-likeness (QED) is 0.210. The summed E-state index contributed by atoms with van der Waals surface area (Å²) in [6, 6.07) is 0. The molecule has 0 aromatic rings. The van der Waals surface area contributed by atoms with Crippen LogP contribution in [0, 0.1) is 52.3 Å². The number of aliphatic hydroxyl groups excluding tert-OH is 1. The topological polar surface area (TPSA) is 136 Å². The monoisotopic (exact) mass is 618 g/mol. The number of fused-ring (bicyclic) bond motifs is 7. The smallest absolute Gasteiger partial charge is 0.334 e. The van der Waals surface area contributed by atoms with E-state index in [4.69, 9.17) is 14.2 Å². The Bertz CT molecular complexity index is 1660. The Kier molecular flexibility index (Phi) is 5.64. The summed E-state index contributed by atoms with van der Waals surface area (Å²) in [5.74, 6) is -3.01. The first-order valence-electron chi connectivity index (χ1n) is 16.4. The highest BCUT2D eigenvalue weighted by Gasteiger charge is 2.84. The first-order chi connectivity index (χ1) is 21.1. The number of methoxy groups -OCH3 is 1. The minimum Gasteiger partial charge on any atom is -0.466 e. The zero-order valence-electron chi connectivity index (χ0n) is 27.0. The van der Waals surface area contributed by atoms with E-state index >= 15 is 0 Å². The molecule has 2 N–H and O–H groups in total. The van der Waals surface area contributed by atoms with Crippen molar-refractivity contribution in [3.05, 3.63) is 45.1 Å². The summed E-state index contributed by atoms with van der Waals surface area (Å²) in [7, 11) is 1.27. The molecule has 45 heavy (non-hydrogen) atoms. The van der Waals surface area contributed by atoms with Gasteiger partial charge in [0.2, 0.25) is 0 Å². The highest BCUT2D eigenvalue weighted by atomic mass is 16.6. The molecular formula is C36H42O9. The second-order valence-corrected chi connectivity index (χ2v) is 15.6. The van der Waals surface area contributed by atoms with Crippen LogP contribution in [0.15, 0.2) is 45.1 Å². The lowest BCUT2D eigenvalue weighted by molar-refractivity contribution is -0.191. The predicted molar refractivity (Wildman–Crippen MR) is 159 cm³/mol. The summed E-state index contributed by atoms with van der Waals surface area (Å²) in [6.45, 7) is 10.8. The third-order valence-electron chi connectivity index (χ3n) is 14.3. The van der Waals surface area contributed by atoms with Gasteiger partial charge in [-0.05, 0) is 93.6 Å². The fourth-order valence-electron chi connectivity index (χ4n) is 11.9. The first kappa shape index (κ1) is 29.4. The Morgan fingerprint density at radius 3 is 2.42 bits per heavy atom. The fraction of sp³-hybridized carbons (Fsp3) is 0.667. The standard InChI is InChI=1S/C36H42O9/c1-8-14(2)30(39)44-13-35(42)22-11-21(22)33(5)23(35)12-19-15(3)32(41)45-36(19)24(33)10-18-17-9-20(17)34(6)26(18)27(36)25(28(37)29(34)38)16(4)31(40)43-7/h8,17,20-24,27,29,38,42H,9-13H2,1-7H3/b14-8+,25-16?/t17-,20-,21-,22+,23-,24+,27+,29+,33+,34+,35+,36+/m1/s1. The number of hydrogen-bond acceptors (Lipinski definition) is 9.